The van der Waals surface area contributed by atoms with Gasteiger partial charge < -0.3 is 9.64 Å². The molecular formula is C22H35N3O6S. The van der Waals surface area contributed by atoms with Crippen molar-refractivity contribution in [2.24, 2.45) is 5.41 Å². The van der Waals surface area contributed by atoms with Crippen molar-refractivity contribution < 1.29 is 28.0 Å². The predicted molar refractivity (Wildman–Crippen MR) is 120 cm³/mol. The van der Waals surface area contributed by atoms with Gasteiger partial charge in [0.05, 0.1) is 12.0 Å². The lowest BCUT2D eigenvalue weighted by Crippen LogP contribution is -2.51. The topological polar surface area (TPSA) is 116 Å². The van der Waals surface area contributed by atoms with Crippen LogP contribution >= 0.6 is 0 Å². The highest BCUT2D eigenvalue weighted by Gasteiger charge is 2.38. The number of hydroxylamine groups is 1. The normalized spacial score (nSPS) is 16.0. The molecular weight excluding hydrogens is 434 g/mol. The summed E-state index contributed by atoms with van der Waals surface area (Å²) in [6.45, 7) is 6.78. The van der Waals surface area contributed by atoms with Crippen molar-refractivity contribution in [1.29, 1.82) is 0 Å². The summed E-state index contributed by atoms with van der Waals surface area (Å²) in [4.78, 5) is 27.0. The molecule has 1 fully saturated rings. The second-order valence-electron chi connectivity index (χ2n) is 9.24. The van der Waals surface area contributed by atoms with Crippen molar-refractivity contribution in [2.45, 2.75) is 63.8 Å². The zero-order valence-electron chi connectivity index (χ0n) is 19.3. The van der Waals surface area contributed by atoms with Crippen LogP contribution in [-0.4, -0.2) is 67.4 Å². The first-order valence-electron chi connectivity index (χ1n) is 10.9. The number of benzene rings is 1. The number of nitrogens with zero attached hydrogens (tertiary/aromatic N) is 2. The highest BCUT2D eigenvalue weighted by Crippen LogP contribution is 2.29. The number of carbonyl (C=O) groups is 2. The zero-order chi connectivity index (χ0) is 23.9. The fraction of sp³-hybridized carbons (Fsp3) is 0.636. The maximum atomic E-state index is 13.6. The molecule has 1 aromatic rings. The quantitative estimate of drug-likeness (QED) is 0.424. The first-order chi connectivity index (χ1) is 15.0. The molecule has 0 radical (unpaired) electrons. The first kappa shape index (κ1) is 26.1. The summed E-state index contributed by atoms with van der Waals surface area (Å²) >= 11 is 0. The lowest BCUT2D eigenvalue weighted by atomic mass is 9.87. The number of likely N-dealkylation sites (tertiary alicyclic amines) is 1. The number of methoxy groups -OCH3 is 1. The summed E-state index contributed by atoms with van der Waals surface area (Å²) in [6.07, 6.45) is 3.05. The van der Waals surface area contributed by atoms with Gasteiger partial charge in [-0.1, -0.05) is 20.8 Å². The number of amides is 2. The van der Waals surface area contributed by atoms with Crippen LogP contribution in [0.15, 0.2) is 29.2 Å². The summed E-state index contributed by atoms with van der Waals surface area (Å²) < 4.78 is 33.3. The fourth-order valence-electron chi connectivity index (χ4n) is 3.81. The Labute approximate surface area is 190 Å². The molecule has 0 spiro atoms. The lowest BCUT2D eigenvalue weighted by Gasteiger charge is -2.34. The van der Waals surface area contributed by atoms with Crippen LogP contribution in [0.3, 0.4) is 0 Å². The summed E-state index contributed by atoms with van der Waals surface area (Å²) in [7, 11) is -2.66. The molecule has 0 saturated carbocycles. The number of rotatable bonds is 9. The van der Waals surface area contributed by atoms with E-state index in [-0.39, 0.29) is 30.2 Å². The molecule has 2 N–H and O–H groups in total. The van der Waals surface area contributed by atoms with E-state index in [0.29, 0.717) is 18.8 Å². The molecule has 1 heterocycles. The average Bonchev–Trinajstić information content (AvgIpc) is 2.77. The van der Waals surface area contributed by atoms with Crippen LogP contribution < -0.4 is 10.2 Å². The largest absolute Gasteiger partial charge is 0.497 e. The number of ether oxygens (including phenoxy) is 1. The Hall–Kier alpha value is -2.17. The molecule has 1 aliphatic rings. The van der Waals surface area contributed by atoms with Crippen LogP contribution in [-0.2, 0) is 19.6 Å². The van der Waals surface area contributed by atoms with Gasteiger partial charge >= 0.3 is 0 Å². The molecule has 1 atom stereocenters. The monoisotopic (exact) mass is 469 g/mol. The zero-order valence-corrected chi connectivity index (χ0v) is 20.2. The van der Waals surface area contributed by atoms with E-state index >= 15 is 0 Å². The third-order valence-corrected chi connectivity index (χ3v) is 7.41. The van der Waals surface area contributed by atoms with Gasteiger partial charge in [-0.05, 0) is 55.4 Å². The van der Waals surface area contributed by atoms with Crippen molar-refractivity contribution in [2.75, 3.05) is 26.7 Å². The molecule has 2 amide bonds. The molecule has 1 saturated heterocycles. The van der Waals surface area contributed by atoms with Crippen LogP contribution in [0.25, 0.3) is 0 Å². The predicted octanol–water partition coefficient (Wildman–Crippen LogP) is 2.40. The molecule has 1 aromatic carbocycles. The van der Waals surface area contributed by atoms with Crippen LogP contribution in [0.5, 0.6) is 5.75 Å². The van der Waals surface area contributed by atoms with Crippen LogP contribution in [0.4, 0.5) is 0 Å². The standard InChI is InChI=1S/C22H35N3O6S/c1-22(2,3)16-19(21(27)23-28)25(15-12-20(26)24-13-6-5-7-14-24)32(29,30)18-10-8-17(31-4)9-11-18/h8-11,19,28H,5-7,12-16H2,1-4H3,(H,23,27). The molecule has 32 heavy (non-hydrogen) atoms. The summed E-state index contributed by atoms with van der Waals surface area (Å²) in [5.74, 6) is -0.476. The molecule has 0 aliphatic carbocycles. The van der Waals surface area contributed by atoms with E-state index in [9.17, 15) is 23.2 Å². The van der Waals surface area contributed by atoms with Crippen molar-refractivity contribution in [3.63, 3.8) is 0 Å². The van der Waals surface area contributed by atoms with Crippen LogP contribution in [0.2, 0.25) is 0 Å². The van der Waals surface area contributed by atoms with Gasteiger partial charge in [0.15, 0.2) is 0 Å². The van der Waals surface area contributed by atoms with Gasteiger partial charge in [0.1, 0.15) is 11.8 Å². The number of nitrogens with one attached hydrogen (secondary N) is 1. The van der Waals surface area contributed by atoms with Crippen molar-refractivity contribution in [1.82, 2.24) is 14.7 Å². The van der Waals surface area contributed by atoms with E-state index in [1.165, 1.54) is 31.4 Å². The molecule has 0 aromatic heterocycles. The molecule has 0 bridgehead atoms. The Kier molecular flexibility index (Phi) is 9.06. The fourth-order valence-corrected chi connectivity index (χ4v) is 5.40. The summed E-state index contributed by atoms with van der Waals surface area (Å²) in [5.41, 5.74) is 1.19. The summed E-state index contributed by atoms with van der Waals surface area (Å²) in [6, 6.07) is 4.67. The second kappa shape index (κ2) is 11.1. The highest BCUT2D eigenvalue weighted by atomic mass is 32.2. The Morgan fingerprint density at radius 2 is 1.75 bits per heavy atom. The Balaban J connectivity index is 2.38. The second-order valence-corrected chi connectivity index (χ2v) is 11.1. The lowest BCUT2D eigenvalue weighted by molar-refractivity contribution is -0.136. The minimum atomic E-state index is -4.14. The van der Waals surface area contributed by atoms with Crippen molar-refractivity contribution >= 4 is 21.8 Å². The first-order valence-corrected chi connectivity index (χ1v) is 12.3. The minimum absolute atomic E-state index is 0.0200. The molecule has 180 valence electrons. The number of carbonyl (C=O) groups excluding carboxylic acids is 2. The van der Waals surface area contributed by atoms with Crippen LogP contribution in [0.1, 0.15) is 52.9 Å². The maximum absolute atomic E-state index is 13.6. The number of hydrogen-bond donors (Lipinski definition) is 2. The highest BCUT2D eigenvalue weighted by molar-refractivity contribution is 7.89. The molecule has 2 rings (SSSR count). The van der Waals surface area contributed by atoms with Gasteiger partial charge in [0.2, 0.25) is 15.9 Å². The van der Waals surface area contributed by atoms with Gasteiger partial charge in [-0.3, -0.25) is 14.8 Å². The van der Waals surface area contributed by atoms with E-state index < -0.39 is 27.4 Å². The van der Waals surface area contributed by atoms with E-state index in [1.807, 2.05) is 20.8 Å². The SMILES string of the molecule is COc1ccc(S(=O)(=O)N(CCC(=O)N2CCCCC2)C(CC(C)(C)C)C(=O)NO)cc1. The number of piperidine rings is 1. The van der Waals surface area contributed by atoms with Crippen LogP contribution in [0, 0.1) is 5.41 Å². The molecule has 10 heteroatoms. The van der Waals surface area contributed by atoms with Crippen molar-refractivity contribution in [3.8, 4) is 5.75 Å². The van der Waals surface area contributed by atoms with E-state index in [4.69, 9.17) is 4.74 Å². The van der Waals surface area contributed by atoms with E-state index in [2.05, 4.69) is 0 Å². The van der Waals surface area contributed by atoms with Gasteiger partial charge in [-0.2, -0.15) is 4.31 Å². The van der Waals surface area contributed by atoms with Crippen molar-refractivity contribution in [3.05, 3.63) is 24.3 Å². The Morgan fingerprint density at radius 1 is 1.16 bits per heavy atom. The average molecular weight is 470 g/mol. The number of sulfonamides is 1. The van der Waals surface area contributed by atoms with Gasteiger partial charge in [0, 0.05) is 26.1 Å². The maximum Gasteiger partial charge on any atom is 0.261 e. The van der Waals surface area contributed by atoms with Gasteiger partial charge in [0.25, 0.3) is 5.91 Å². The summed E-state index contributed by atoms with van der Waals surface area (Å²) in [5, 5.41) is 9.32. The Morgan fingerprint density at radius 3 is 2.25 bits per heavy atom. The van der Waals surface area contributed by atoms with E-state index in [1.54, 1.807) is 10.4 Å². The molecule has 1 unspecified atom stereocenters. The van der Waals surface area contributed by atoms with E-state index in [0.717, 1.165) is 23.6 Å². The van der Waals surface area contributed by atoms with Gasteiger partial charge in [-0.15, -0.1) is 0 Å². The minimum Gasteiger partial charge on any atom is -0.497 e. The molecule has 9 nitrogen and oxygen atoms in total. The van der Waals surface area contributed by atoms with Gasteiger partial charge in [-0.25, -0.2) is 13.9 Å². The molecule has 1 aliphatic heterocycles. The Bertz CT molecular complexity index is 874. The third kappa shape index (κ3) is 6.91. The smallest absolute Gasteiger partial charge is 0.261 e. The third-order valence-electron chi connectivity index (χ3n) is 5.49. The number of hydrogen-bond acceptors (Lipinski definition) is 6.